The number of hydrogen-bond donors (Lipinski definition) is 0. The molecule has 16 heavy (non-hydrogen) atoms. The van der Waals surface area contributed by atoms with Crippen molar-refractivity contribution >= 4 is 15.9 Å². The van der Waals surface area contributed by atoms with Gasteiger partial charge in [0.05, 0.1) is 11.6 Å². The van der Waals surface area contributed by atoms with Gasteiger partial charge in [-0.25, -0.2) is 0 Å². The molecule has 0 saturated carbocycles. The average Bonchev–Trinajstić information content (AvgIpc) is 2.25. The number of halogens is 4. The van der Waals surface area contributed by atoms with Crippen LogP contribution in [0.3, 0.4) is 0 Å². The maximum atomic E-state index is 12.1. The molecule has 0 fully saturated rings. The van der Waals surface area contributed by atoms with E-state index in [0.717, 1.165) is 0 Å². The van der Waals surface area contributed by atoms with Crippen LogP contribution < -0.4 is 4.74 Å². The quantitative estimate of drug-likeness (QED) is 0.802. The molecule has 86 valence electrons. The zero-order valence-electron chi connectivity index (χ0n) is 7.96. The van der Waals surface area contributed by atoms with Crippen molar-refractivity contribution in [2.24, 2.45) is 0 Å². The number of nitrogens with zero attached hydrogens (tertiary/aromatic N) is 1. The summed E-state index contributed by atoms with van der Waals surface area (Å²) in [4.78, 5) is -1.72. The van der Waals surface area contributed by atoms with Crippen LogP contribution in [0, 0.1) is 11.3 Å². The van der Waals surface area contributed by atoms with Crippen LogP contribution in [-0.2, 0) is 0 Å². The Hall–Kier alpha value is -1.22. The summed E-state index contributed by atoms with van der Waals surface area (Å²) in [5.41, 5.74) is 0.343. The van der Waals surface area contributed by atoms with Crippen molar-refractivity contribution in [2.45, 2.75) is 11.0 Å². The molecule has 0 aliphatic carbocycles. The van der Waals surface area contributed by atoms with Gasteiger partial charge in [0.2, 0.25) is 0 Å². The van der Waals surface area contributed by atoms with E-state index in [4.69, 9.17) is 10.00 Å². The molecule has 0 amide bonds. The Bertz CT molecular complexity index is 400. The minimum Gasteiger partial charge on any atom is -0.492 e. The Kier molecular flexibility index (Phi) is 4.19. The van der Waals surface area contributed by atoms with Gasteiger partial charge in [0.1, 0.15) is 17.2 Å². The van der Waals surface area contributed by atoms with E-state index in [2.05, 4.69) is 15.9 Å². The average molecular weight is 294 g/mol. The van der Waals surface area contributed by atoms with Crippen LogP contribution in [-0.4, -0.2) is 17.6 Å². The standard InChI is InChI=1S/C10H7BrF3NO/c11-9(10(12,13)14)6-16-8-3-1-2-7(4-8)5-15/h1-4,9H,6H2. The normalized spacial score (nSPS) is 12.9. The van der Waals surface area contributed by atoms with E-state index in [1.54, 1.807) is 12.1 Å². The molecule has 1 rings (SSSR count). The minimum absolute atomic E-state index is 0.243. The summed E-state index contributed by atoms with van der Waals surface area (Å²) in [7, 11) is 0. The highest BCUT2D eigenvalue weighted by molar-refractivity contribution is 9.09. The van der Waals surface area contributed by atoms with Crippen molar-refractivity contribution in [3.05, 3.63) is 29.8 Å². The van der Waals surface area contributed by atoms with E-state index in [1.165, 1.54) is 12.1 Å². The smallest absolute Gasteiger partial charge is 0.404 e. The van der Waals surface area contributed by atoms with Crippen LogP contribution in [0.15, 0.2) is 24.3 Å². The lowest BCUT2D eigenvalue weighted by Crippen LogP contribution is -2.28. The molecule has 0 saturated heterocycles. The molecule has 1 atom stereocenters. The molecule has 1 aromatic rings. The fourth-order valence-electron chi connectivity index (χ4n) is 0.919. The highest BCUT2D eigenvalue weighted by Gasteiger charge is 2.38. The Balaban J connectivity index is 2.59. The molecule has 2 nitrogen and oxygen atoms in total. The second kappa shape index (κ2) is 5.21. The molecular weight excluding hydrogens is 287 g/mol. The summed E-state index contributed by atoms with van der Waals surface area (Å²) < 4.78 is 41.3. The molecule has 0 aliphatic rings. The van der Waals surface area contributed by atoms with Gasteiger partial charge in [-0.1, -0.05) is 22.0 Å². The molecule has 6 heteroatoms. The van der Waals surface area contributed by atoms with Crippen LogP contribution in [0.5, 0.6) is 5.75 Å². The van der Waals surface area contributed by atoms with Crippen molar-refractivity contribution in [3.8, 4) is 11.8 Å². The molecule has 0 bridgehead atoms. The molecule has 0 aliphatic heterocycles. The maximum Gasteiger partial charge on any atom is 0.404 e. The second-order valence-electron chi connectivity index (χ2n) is 2.96. The van der Waals surface area contributed by atoms with Crippen LogP contribution in [0.25, 0.3) is 0 Å². The van der Waals surface area contributed by atoms with Crippen molar-refractivity contribution in [2.75, 3.05) is 6.61 Å². The Morgan fingerprint density at radius 3 is 2.69 bits per heavy atom. The summed E-state index contributed by atoms with van der Waals surface area (Å²) in [5.74, 6) is 0.243. The topological polar surface area (TPSA) is 33.0 Å². The largest absolute Gasteiger partial charge is 0.492 e. The molecule has 0 radical (unpaired) electrons. The van der Waals surface area contributed by atoms with E-state index in [-0.39, 0.29) is 5.75 Å². The molecule has 0 N–H and O–H groups in total. The van der Waals surface area contributed by atoms with Gasteiger partial charge in [0, 0.05) is 0 Å². The van der Waals surface area contributed by atoms with E-state index in [1.807, 2.05) is 6.07 Å². The molecule has 0 spiro atoms. The van der Waals surface area contributed by atoms with Crippen LogP contribution in [0.4, 0.5) is 13.2 Å². The predicted octanol–water partition coefficient (Wildman–Crippen LogP) is 3.26. The summed E-state index contributed by atoms with van der Waals surface area (Å²) in [6.45, 7) is -0.529. The number of hydrogen-bond acceptors (Lipinski definition) is 2. The van der Waals surface area contributed by atoms with Gasteiger partial charge in [-0.3, -0.25) is 0 Å². The number of rotatable bonds is 3. The van der Waals surface area contributed by atoms with Crippen molar-refractivity contribution in [1.29, 1.82) is 5.26 Å². The zero-order valence-corrected chi connectivity index (χ0v) is 9.55. The fourth-order valence-corrected chi connectivity index (χ4v) is 1.05. The predicted molar refractivity (Wildman–Crippen MR) is 55.4 cm³/mol. The first-order valence-corrected chi connectivity index (χ1v) is 5.19. The third-order valence-corrected chi connectivity index (χ3v) is 2.50. The third-order valence-electron chi connectivity index (χ3n) is 1.71. The Labute approximate surface area is 98.8 Å². The SMILES string of the molecule is N#Cc1cccc(OCC(Br)C(F)(F)F)c1. The summed E-state index contributed by atoms with van der Waals surface area (Å²) in [6, 6.07) is 7.84. The van der Waals surface area contributed by atoms with E-state index >= 15 is 0 Å². The van der Waals surface area contributed by atoms with Gasteiger partial charge in [-0.15, -0.1) is 0 Å². The Morgan fingerprint density at radius 1 is 1.44 bits per heavy atom. The Morgan fingerprint density at radius 2 is 2.12 bits per heavy atom. The van der Waals surface area contributed by atoms with Gasteiger partial charge < -0.3 is 4.74 Å². The highest BCUT2D eigenvalue weighted by Crippen LogP contribution is 2.27. The van der Waals surface area contributed by atoms with Gasteiger partial charge in [-0.05, 0) is 18.2 Å². The summed E-state index contributed by atoms with van der Waals surface area (Å²) >= 11 is 2.48. The van der Waals surface area contributed by atoms with Crippen molar-refractivity contribution < 1.29 is 17.9 Å². The lowest BCUT2D eigenvalue weighted by atomic mass is 10.2. The number of ether oxygens (including phenoxy) is 1. The zero-order chi connectivity index (χ0) is 12.2. The van der Waals surface area contributed by atoms with Gasteiger partial charge in [0.25, 0.3) is 0 Å². The van der Waals surface area contributed by atoms with Crippen molar-refractivity contribution in [1.82, 2.24) is 0 Å². The van der Waals surface area contributed by atoms with Gasteiger partial charge in [-0.2, -0.15) is 18.4 Å². The molecular formula is C10H7BrF3NO. The highest BCUT2D eigenvalue weighted by atomic mass is 79.9. The molecule has 1 aromatic carbocycles. The first-order chi connectivity index (χ1) is 7.43. The van der Waals surface area contributed by atoms with E-state index in [9.17, 15) is 13.2 Å². The van der Waals surface area contributed by atoms with Crippen molar-refractivity contribution in [3.63, 3.8) is 0 Å². The monoisotopic (exact) mass is 293 g/mol. The first-order valence-electron chi connectivity index (χ1n) is 4.27. The number of alkyl halides is 4. The van der Waals surface area contributed by atoms with Gasteiger partial charge in [0.15, 0.2) is 0 Å². The molecule has 0 heterocycles. The molecule has 0 aromatic heterocycles. The second-order valence-corrected chi connectivity index (χ2v) is 4.07. The van der Waals surface area contributed by atoms with Crippen LogP contribution in [0.1, 0.15) is 5.56 Å². The first kappa shape index (κ1) is 12.8. The van der Waals surface area contributed by atoms with Crippen LogP contribution in [0.2, 0.25) is 0 Å². The van der Waals surface area contributed by atoms with Gasteiger partial charge >= 0.3 is 6.18 Å². The fraction of sp³-hybridized carbons (Fsp3) is 0.300. The lowest BCUT2D eigenvalue weighted by molar-refractivity contribution is -0.132. The number of nitriles is 1. The van der Waals surface area contributed by atoms with Crippen LogP contribution >= 0.6 is 15.9 Å². The minimum atomic E-state index is -4.34. The van der Waals surface area contributed by atoms with E-state index < -0.39 is 17.6 Å². The summed E-state index contributed by atoms with van der Waals surface area (Å²) in [6.07, 6.45) is -4.34. The maximum absolute atomic E-state index is 12.1. The lowest BCUT2D eigenvalue weighted by Gasteiger charge is -2.14. The summed E-state index contributed by atoms with van der Waals surface area (Å²) in [5, 5.41) is 8.57. The third kappa shape index (κ3) is 3.74. The molecule has 1 unspecified atom stereocenters. The number of benzene rings is 1. The van der Waals surface area contributed by atoms with E-state index in [0.29, 0.717) is 5.56 Å².